The topological polar surface area (TPSA) is 76.1 Å². The molecule has 1 heterocycles. The van der Waals surface area contributed by atoms with Crippen molar-refractivity contribution in [2.75, 3.05) is 24.3 Å². The number of aromatic nitrogens is 2. The van der Waals surface area contributed by atoms with Crippen LogP contribution in [0.3, 0.4) is 0 Å². The molecule has 0 spiro atoms. The number of anilines is 2. The molecule has 2 N–H and O–H groups in total. The van der Waals surface area contributed by atoms with Crippen LogP contribution in [0, 0.1) is 12.8 Å². The maximum atomic E-state index is 12.4. The van der Waals surface area contributed by atoms with Crippen LogP contribution in [0.15, 0.2) is 24.5 Å². The number of amides is 1. The summed E-state index contributed by atoms with van der Waals surface area (Å²) in [4.78, 5) is 20.7. The Morgan fingerprint density at radius 1 is 1.29 bits per heavy atom. The number of carbonyl (C=O) groups is 1. The van der Waals surface area contributed by atoms with Gasteiger partial charge in [-0.2, -0.15) is 0 Å². The van der Waals surface area contributed by atoms with E-state index in [1.54, 1.807) is 12.1 Å². The van der Waals surface area contributed by atoms with Crippen LogP contribution in [-0.4, -0.2) is 29.5 Å². The Labute approximate surface area is 146 Å². The van der Waals surface area contributed by atoms with Gasteiger partial charge in [0.2, 0.25) is 5.95 Å². The minimum Gasteiger partial charge on any atom is -0.495 e. The minimum absolute atomic E-state index is 0.314. The van der Waals surface area contributed by atoms with Crippen LogP contribution in [-0.2, 0) is 0 Å². The van der Waals surface area contributed by atoms with E-state index in [2.05, 4.69) is 34.4 Å². The fraction of sp³-hybridized carbons (Fsp3) is 0.353. The molecule has 7 heteroatoms. The van der Waals surface area contributed by atoms with Gasteiger partial charge in [-0.25, -0.2) is 9.97 Å². The molecule has 0 unspecified atom stereocenters. The number of ether oxygens (including phenoxy) is 1. The second-order valence-electron chi connectivity index (χ2n) is 5.83. The van der Waals surface area contributed by atoms with E-state index in [9.17, 15) is 4.79 Å². The summed E-state index contributed by atoms with van der Waals surface area (Å²) in [5.74, 6) is 1.16. The van der Waals surface area contributed by atoms with E-state index < -0.39 is 0 Å². The fourth-order valence-corrected chi connectivity index (χ4v) is 2.11. The van der Waals surface area contributed by atoms with Gasteiger partial charge >= 0.3 is 0 Å². The molecule has 1 amide bonds. The van der Waals surface area contributed by atoms with Crippen molar-refractivity contribution in [3.05, 3.63) is 40.7 Å². The summed E-state index contributed by atoms with van der Waals surface area (Å²) in [6.45, 7) is 6.81. The number of aryl methyl sites for hydroxylation is 1. The van der Waals surface area contributed by atoms with Gasteiger partial charge in [-0.3, -0.25) is 4.79 Å². The standard InChI is InChI=1S/C17H21ClN4O2/c1-10(2)7-19-17-20-8-12(9-21-17)16(23)22-14-5-11(3)13(18)6-15(14)24-4/h5-6,8-10H,7H2,1-4H3,(H,22,23)(H,19,20,21). The maximum absolute atomic E-state index is 12.4. The van der Waals surface area contributed by atoms with Gasteiger partial charge in [0, 0.05) is 30.0 Å². The Morgan fingerprint density at radius 2 is 1.96 bits per heavy atom. The zero-order valence-corrected chi connectivity index (χ0v) is 14.9. The van der Waals surface area contributed by atoms with Gasteiger partial charge in [-0.15, -0.1) is 0 Å². The highest BCUT2D eigenvalue weighted by molar-refractivity contribution is 6.31. The lowest BCUT2D eigenvalue weighted by Crippen LogP contribution is -2.15. The number of hydrogen-bond donors (Lipinski definition) is 2. The predicted octanol–water partition coefficient (Wildman–Crippen LogP) is 3.77. The molecule has 6 nitrogen and oxygen atoms in total. The quantitative estimate of drug-likeness (QED) is 0.831. The first-order chi connectivity index (χ1) is 11.4. The number of halogens is 1. The third kappa shape index (κ3) is 4.58. The molecular formula is C17H21ClN4O2. The Balaban J connectivity index is 2.11. The second kappa shape index (κ2) is 7.97. The van der Waals surface area contributed by atoms with Gasteiger partial charge < -0.3 is 15.4 Å². The first kappa shape index (κ1) is 18.0. The van der Waals surface area contributed by atoms with E-state index in [0.29, 0.717) is 33.9 Å². The van der Waals surface area contributed by atoms with E-state index in [4.69, 9.17) is 16.3 Å². The van der Waals surface area contributed by atoms with Crippen LogP contribution in [0.25, 0.3) is 0 Å². The van der Waals surface area contributed by atoms with Crippen molar-refractivity contribution < 1.29 is 9.53 Å². The van der Waals surface area contributed by atoms with Crippen molar-refractivity contribution in [2.24, 2.45) is 5.92 Å². The van der Waals surface area contributed by atoms with Gasteiger partial charge in [0.15, 0.2) is 0 Å². The smallest absolute Gasteiger partial charge is 0.258 e. The minimum atomic E-state index is -0.314. The van der Waals surface area contributed by atoms with Gasteiger partial charge in [-0.1, -0.05) is 25.4 Å². The van der Waals surface area contributed by atoms with Gasteiger partial charge in [0.05, 0.1) is 18.4 Å². The first-order valence-corrected chi connectivity index (χ1v) is 8.00. The van der Waals surface area contributed by atoms with Crippen molar-refractivity contribution in [3.63, 3.8) is 0 Å². The molecule has 0 radical (unpaired) electrons. The van der Waals surface area contributed by atoms with Crippen molar-refractivity contribution in [1.29, 1.82) is 0 Å². The predicted molar refractivity (Wildman–Crippen MR) is 96.1 cm³/mol. The van der Waals surface area contributed by atoms with E-state index in [-0.39, 0.29) is 5.91 Å². The van der Waals surface area contributed by atoms with Crippen LogP contribution in [0.5, 0.6) is 5.75 Å². The molecule has 1 aromatic heterocycles. The lowest BCUT2D eigenvalue weighted by Gasteiger charge is -2.12. The lowest BCUT2D eigenvalue weighted by atomic mass is 10.2. The molecule has 24 heavy (non-hydrogen) atoms. The van der Waals surface area contributed by atoms with E-state index >= 15 is 0 Å². The van der Waals surface area contributed by atoms with Crippen LogP contribution in [0.2, 0.25) is 5.02 Å². The number of nitrogens with zero attached hydrogens (tertiary/aromatic N) is 2. The van der Waals surface area contributed by atoms with Crippen molar-refractivity contribution in [1.82, 2.24) is 9.97 Å². The van der Waals surface area contributed by atoms with Crippen molar-refractivity contribution in [2.45, 2.75) is 20.8 Å². The highest BCUT2D eigenvalue weighted by atomic mass is 35.5. The molecule has 0 saturated heterocycles. The summed E-state index contributed by atoms with van der Waals surface area (Å²) >= 11 is 6.07. The molecule has 0 aliphatic heterocycles. The summed E-state index contributed by atoms with van der Waals surface area (Å²) in [5, 5.41) is 6.47. The van der Waals surface area contributed by atoms with Gasteiger partial charge in [-0.05, 0) is 24.5 Å². The molecule has 0 aliphatic carbocycles. The normalized spacial score (nSPS) is 10.6. The summed E-state index contributed by atoms with van der Waals surface area (Å²) in [6.07, 6.45) is 2.97. The summed E-state index contributed by atoms with van der Waals surface area (Å²) < 4.78 is 5.25. The molecule has 2 aromatic rings. The van der Waals surface area contributed by atoms with Crippen LogP contribution in [0.4, 0.5) is 11.6 Å². The monoisotopic (exact) mass is 348 g/mol. The average Bonchev–Trinajstić information content (AvgIpc) is 2.56. The van der Waals surface area contributed by atoms with Crippen molar-refractivity contribution in [3.8, 4) is 5.75 Å². The molecule has 0 atom stereocenters. The van der Waals surface area contributed by atoms with Crippen LogP contribution in [0.1, 0.15) is 29.8 Å². The fourth-order valence-electron chi connectivity index (χ4n) is 1.96. The Bertz CT molecular complexity index is 717. The molecule has 0 fully saturated rings. The Hall–Kier alpha value is -2.34. The third-order valence-corrected chi connectivity index (χ3v) is 3.72. The third-order valence-electron chi connectivity index (χ3n) is 3.31. The van der Waals surface area contributed by atoms with Gasteiger partial charge in [0.25, 0.3) is 5.91 Å². The molecule has 0 bridgehead atoms. The van der Waals surface area contributed by atoms with E-state index in [1.807, 2.05) is 6.92 Å². The van der Waals surface area contributed by atoms with Crippen molar-refractivity contribution >= 4 is 29.1 Å². The zero-order chi connectivity index (χ0) is 17.7. The number of nitrogens with one attached hydrogen (secondary N) is 2. The Morgan fingerprint density at radius 3 is 2.54 bits per heavy atom. The molecule has 0 aliphatic rings. The molecule has 128 valence electrons. The second-order valence-corrected chi connectivity index (χ2v) is 6.23. The summed E-state index contributed by atoms with van der Waals surface area (Å²) in [7, 11) is 1.52. The SMILES string of the molecule is COc1cc(Cl)c(C)cc1NC(=O)c1cnc(NCC(C)C)nc1. The summed E-state index contributed by atoms with van der Waals surface area (Å²) in [6, 6.07) is 3.43. The number of benzene rings is 1. The maximum Gasteiger partial charge on any atom is 0.258 e. The molecular weight excluding hydrogens is 328 g/mol. The largest absolute Gasteiger partial charge is 0.495 e. The van der Waals surface area contributed by atoms with Crippen LogP contribution >= 0.6 is 11.6 Å². The molecule has 1 aromatic carbocycles. The number of rotatable bonds is 6. The number of hydrogen-bond acceptors (Lipinski definition) is 5. The first-order valence-electron chi connectivity index (χ1n) is 7.62. The average molecular weight is 349 g/mol. The van der Waals surface area contributed by atoms with E-state index in [1.165, 1.54) is 19.5 Å². The van der Waals surface area contributed by atoms with Crippen LogP contribution < -0.4 is 15.4 Å². The highest BCUT2D eigenvalue weighted by Crippen LogP contribution is 2.31. The zero-order valence-electron chi connectivity index (χ0n) is 14.2. The summed E-state index contributed by atoms with van der Waals surface area (Å²) in [5.41, 5.74) is 1.75. The number of methoxy groups -OCH3 is 1. The van der Waals surface area contributed by atoms with E-state index in [0.717, 1.165) is 12.1 Å². The number of carbonyl (C=O) groups excluding carboxylic acids is 1. The molecule has 0 saturated carbocycles. The Kier molecular flexibility index (Phi) is 5.98. The lowest BCUT2D eigenvalue weighted by molar-refractivity contribution is 0.102. The molecule has 2 rings (SSSR count). The highest BCUT2D eigenvalue weighted by Gasteiger charge is 2.13. The van der Waals surface area contributed by atoms with Gasteiger partial charge in [0.1, 0.15) is 5.75 Å².